The molecule has 8 heteroatoms. The van der Waals surface area contributed by atoms with Crippen LogP contribution in [-0.4, -0.2) is 61.1 Å². The van der Waals surface area contributed by atoms with Gasteiger partial charge in [-0.05, 0) is 31.2 Å². The monoisotopic (exact) mass is 338 g/mol. The molecule has 1 aromatic rings. The standard InChI is InChI=1S/C16H22N2O6/c1-3-18(9-8-16(21)22)15(20)10-17-14(19)11-24-13-6-4-12(23-2)5-7-13/h4-7H,3,8-11H2,1-2H3,(H,17,19)(H,21,22). The minimum atomic E-state index is -0.974. The molecule has 0 saturated carbocycles. The molecule has 8 nitrogen and oxygen atoms in total. The minimum Gasteiger partial charge on any atom is -0.497 e. The predicted octanol–water partition coefficient (Wildman–Crippen LogP) is 0.513. The van der Waals surface area contributed by atoms with E-state index >= 15 is 0 Å². The number of likely N-dealkylation sites (N-methyl/N-ethyl adjacent to an activating group) is 1. The number of ether oxygens (including phenoxy) is 2. The fourth-order valence-corrected chi connectivity index (χ4v) is 1.85. The van der Waals surface area contributed by atoms with Gasteiger partial charge in [-0.1, -0.05) is 0 Å². The topological polar surface area (TPSA) is 105 Å². The first-order valence-electron chi connectivity index (χ1n) is 7.49. The number of aliphatic carboxylic acids is 1. The summed E-state index contributed by atoms with van der Waals surface area (Å²) in [5.41, 5.74) is 0. The predicted molar refractivity (Wildman–Crippen MR) is 86.0 cm³/mol. The summed E-state index contributed by atoms with van der Waals surface area (Å²) in [5.74, 6) is -0.560. The quantitative estimate of drug-likeness (QED) is 0.644. The Morgan fingerprint density at radius 1 is 1.17 bits per heavy atom. The number of benzene rings is 1. The van der Waals surface area contributed by atoms with Gasteiger partial charge >= 0.3 is 5.97 Å². The summed E-state index contributed by atoms with van der Waals surface area (Å²) >= 11 is 0. The molecule has 2 amide bonds. The molecule has 0 atom stereocenters. The van der Waals surface area contributed by atoms with E-state index < -0.39 is 11.9 Å². The van der Waals surface area contributed by atoms with Gasteiger partial charge in [-0.3, -0.25) is 14.4 Å². The number of carboxylic acid groups (broad SMARTS) is 1. The average Bonchev–Trinajstić information content (AvgIpc) is 2.58. The number of amides is 2. The van der Waals surface area contributed by atoms with Gasteiger partial charge < -0.3 is 24.8 Å². The van der Waals surface area contributed by atoms with Crippen molar-refractivity contribution in [3.8, 4) is 11.5 Å². The maximum Gasteiger partial charge on any atom is 0.305 e. The fourth-order valence-electron chi connectivity index (χ4n) is 1.85. The third kappa shape index (κ3) is 6.99. The maximum atomic E-state index is 11.9. The highest BCUT2D eigenvalue weighted by Crippen LogP contribution is 2.16. The third-order valence-corrected chi connectivity index (χ3v) is 3.20. The van der Waals surface area contributed by atoms with Gasteiger partial charge in [0.05, 0.1) is 20.1 Å². The molecule has 0 heterocycles. The number of hydrogen-bond acceptors (Lipinski definition) is 5. The molecule has 2 N–H and O–H groups in total. The van der Waals surface area contributed by atoms with Gasteiger partial charge in [-0.25, -0.2) is 0 Å². The van der Waals surface area contributed by atoms with Gasteiger partial charge in [-0.2, -0.15) is 0 Å². The Hall–Kier alpha value is -2.77. The molecule has 132 valence electrons. The normalized spacial score (nSPS) is 9.92. The van der Waals surface area contributed by atoms with E-state index in [0.29, 0.717) is 18.0 Å². The van der Waals surface area contributed by atoms with Crippen LogP contribution in [0.25, 0.3) is 0 Å². The Morgan fingerprint density at radius 3 is 2.33 bits per heavy atom. The summed E-state index contributed by atoms with van der Waals surface area (Å²) in [6, 6.07) is 6.75. The number of rotatable bonds is 10. The summed E-state index contributed by atoms with van der Waals surface area (Å²) < 4.78 is 10.3. The first-order valence-corrected chi connectivity index (χ1v) is 7.49. The van der Waals surface area contributed by atoms with Crippen LogP contribution in [0.1, 0.15) is 13.3 Å². The highest BCUT2D eigenvalue weighted by molar-refractivity contribution is 5.85. The SMILES string of the molecule is CCN(CCC(=O)O)C(=O)CNC(=O)COc1ccc(OC)cc1. The van der Waals surface area contributed by atoms with E-state index in [9.17, 15) is 14.4 Å². The van der Waals surface area contributed by atoms with Crippen LogP contribution in [0.2, 0.25) is 0 Å². The zero-order valence-electron chi connectivity index (χ0n) is 13.8. The van der Waals surface area contributed by atoms with Crippen LogP contribution in [0, 0.1) is 0 Å². The molecular formula is C16H22N2O6. The van der Waals surface area contributed by atoms with Crippen LogP contribution < -0.4 is 14.8 Å². The summed E-state index contributed by atoms with van der Waals surface area (Å²) in [6.07, 6.45) is -0.131. The van der Waals surface area contributed by atoms with Crippen molar-refractivity contribution in [3.63, 3.8) is 0 Å². The maximum absolute atomic E-state index is 11.9. The second-order valence-corrected chi connectivity index (χ2v) is 4.86. The molecule has 1 rings (SSSR count). The molecule has 0 aromatic heterocycles. The number of nitrogens with zero attached hydrogens (tertiary/aromatic N) is 1. The molecule has 0 spiro atoms. The van der Waals surface area contributed by atoms with E-state index in [2.05, 4.69) is 5.32 Å². The van der Waals surface area contributed by atoms with Gasteiger partial charge in [-0.15, -0.1) is 0 Å². The summed E-state index contributed by atoms with van der Waals surface area (Å²) in [4.78, 5) is 35.5. The molecule has 0 unspecified atom stereocenters. The molecule has 24 heavy (non-hydrogen) atoms. The Bertz CT molecular complexity index is 558. The first-order chi connectivity index (χ1) is 11.5. The van der Waals surface area contributed by atoms with Crippen molar-refractivity contribution in [1.82, 2.24) is 10.2 Å². The van der Waals surface area contributed by atoms with Crippen LogP contribution in [-0.2, 0) is 14.4 Å². The van der Waals surface area contributed by atoms with Gasteiger partial charge in [0.25, 0.3) is 5.91 Å². The number of hydrogen-bond donors (Lipinski definition) is 2. The van der Waals surface area contributed by atoms with E-state index in [1.165, 1.54) is 4.90 Å². The van der Waals surface area contributed by atoms with Gasteiger partial charge in [0.2, 0.25) is 5.91 Å². The molecule has 0 saturated heterocycles. The Morgan fingerprint density at radius 2 is 1.79 bits per heavy atom. The minimum absolute atomic E-state index is 0.114. The highest BCUT2D eigenvalue weighted by atomic mass is 16.5. The molecule has 0 bridgehead atoms. The molecule has 0 aliphatic heterocycles. The summed E-state index contributed by atoms with van der Waals surface area (Å²) in [6.45, 7) is 1.82. The number of methoxy groups -OCH3 is 1. The molecule has 0 radical (unpaired) electrons. The van der Waals surface area contributed by atoms with Crippen LogP contribution in [0.4, 0.5) is 0 Å². The van der Waals surface area contributed by atoms with E-state index in [1.807, 2.05) is 0 Å². The second kappa shape index (κ2) is 10.1. The number of carbonyl (C=O) groups is 3. The summed E-state index contributed by atoms with van der Waals surface area (Å²) in [5, 5.41) is 11.1. The molecule has 0 aliphatic rings. The van der Waals surface area contributed by atoms with Crippen LogP contribution in [0.15, 0.2) is 24.3 Å². The van der Waals surface area contributed by atoms with Crippen molar-refractivity contribution in [2.75, 3.05) is 33.4 Å². The lowest BCUT2D eigenvalue weighted by Crippen LogP contribution is -2.42. The first kappa shape index (κ1) is 19.3. The zero-order chi connectivity index (χ0) is 17.9. The number of carbonyl (C=O) groups excluding carboxylic acids is 2. The van der Waals surface area contributed by atoms with Gasteiger partial charge in [0, 0.05) is 13.1 Å². The van der Waals surface area contributed by atoms with Crippen LogP contribution in [0.5, 0.6) is 11.5 Å². The fraction of sp³-hybridized carbons (Fsp3) is 0.438. The smallest absolute Gasteiger partial charge is 0.305 e. The molecule has 1 aromatic carbocycles. The third-order valence-electron chi connectivity index (χ3n) is 3.20. The van der Waals surface area contributed by atoms with Crippen LogP contribution >= 0.6 is 0 Å². The lowest BCUT2D eigenvalue weighted by molar-refractivity contribution is -0.139. The Balaban J connectivity index is 2.33. The van der Waals surface area contributed by atoms with Crippen molar-refractivity contribution >= 4 is 17.8 Å². The lowest BCUT2D eigenvalue weighted by atomic mass is 10.3. The summed E-state index contributed by atoms with van der Waals surface area (Å²) in [7, 11) is 1.55. The van der Waals surface area contributed by atoms with Gasteiger partial charge in [0.15, 0.2) is 6.61 Å². The highest BCUT2D eigenvalue weighted by Gasteiger charge is 2.14. The largest absolute Gasteiger partial charge is 0.497 e. The van der Waals surface area contributed by atoms with E-state index in [1.54, 1.807) is 38.3 Å². The zero-order valence-corrected chi connectivity index (χ0v) is 13.8. The van der Waals surface area contributed by atoms with Crippen molar-refractivity contribution < 1.29 is 29.0 Å². The number of carboxylic acids is 1. The van der Waals surface area contributed by atoms with Crippen molar-refractivity contribution in [2.24, 2.45) is 0 Å². The van der Waals surface area contributed by atoms with E-state index in [-0.39, 0.29) is 32.0 Å². The molecule has 0 aliphatic carbocycles. The molecule has 0 fully saturated rings. The van der Waals surface area contributed by atoms with E-state index in [4.69, 9.17) is 14.6 Å². The Labute approximate surface area is 140 Å². The van der Waals surface area contributed by atoms with Gasteiger partial charge in [0.1, 0.15) is 11.5 Å². The van der Waals surface area contributed by atoms with Crippen molar-refractivity contribution in [2.45, 2.75) is 13.3 Å². The average molecular weight is 338 g/mol. The second-order valence-electron chi connectivity index (χ2n) is 4.86. The van der Waals surface area contributed by atoms with E-state index in [0.717, 1.165) is 0 Å². The number of nitrogens with one attached hydrogen (secondary N) is 1. The van der Waals surface area contributed by atoms with Crippen molar-refractivity contribution in [1.29, 1.82) is 0 Å². The van der Waals surface area contributed by atoms with Crippen LogP contribution in [0.3, 0.4) is 0 Å². The lowest BCUT2D eigenvalue weighted by Gasteiger charge is -2.20. The Kier molecular flexibility index (Phi) is 8.10. The molecular weight excluding hydrogens is 316 g/mol. The van der Waals surface area contributed by atoms with Crippen molar-refractivity contribution in [3.05, 3.63) is 24.3 Å².